The van der Waals surface area contributed by atoms with Crippen LogP contribution in [0.15, 0.2) is 24.4 Å². The van der Waals surface area contributed by atoms with Crippen molar-refractivity contribution in [2.75, 3.05) is 7.05 Å². The molecule has 2 aromatic rings. The van der Waals surface area contributed by atoms with Crippen LogP contribution in [0.4, 0.5) is 8.78 Å². The average molecular weight is 268 g/mol. The van der Waals surface area contributed by atoms with Crippen molar-refractivity contribution in [2.45, 2.75) is 19.4 Å². The van der Waals surface area contributed by atoms with Crippen LogP contribution in [-0.4, -0.2) is 12.0 Å². The third-order valence-corrected chi connectivity index (χ3v) is 3.79. The summed E-state index contributed by atoms with van der Waals surface area (Å²) in [6.07, 6.45) is 2.18. The fourth-order valence-corrected chi connectivity index (χ4v) is 2.70. The number of benzene rings is 1. The van der Waals surface area contributed by atoms with Crippen molar-refractivity contribution < 1.29 is 8.78 Å². The monoisotopic (exact) mass is 268 g/mol. The number of thiazole rings is 1. The van der Waals surface area contributed by atoms with Crippen molar-refractivity contribution in [2.24, 2.45) is 0 Å². The molecule has 0 aliphatic rings. The molecule has 18 heavy (non-hydrogen) atoms. The van der Waals surface area contributed by atoms with Crippen LogP contribution in [0, 0.1) is 18.6 Å². The fourth-order valence-electron chi connectivity index (χ4n) is 1.80. The van der Waals surface area contributed by atoms with Crippen LogP contribution in [0.25, 0.3) is 0 Å². The normalized spacial score (nSPS) is 12.7. The molecule has 5 heteroatoms. The van der Waals surface area contributed by atoms with Crippen molar-refractivity contribution in [3.8, 4) is 0 Å². The van der Waals surface area contributed by atoms with Crippen LogP contribution in [0.2, 0.25) is 0 Å². The number of aryl methyl sites for hydroxylation is 1. The molecule has 0 saturated carbocycles. The summed E-state index contributed by atoms with van der Waals surface area (Å²) in [4.78, 5) is 5.20. The Kier molecular flexibility index (Phi) is 4.04. The highest BCUT2D eigenvalue weighted by Crippen LogP contribution is 2.24. The molecule has 0 spiro atoms. The fraction of sp³-hybridized carbons (Fsp3) is 0.308. The minimum absolute atomic E-state index is 0.0486. The van der Waals surface area contributed by atoms with E-state index in [1.54, 1.807) is 24.6 Å². The van der Waals surface area contributed by atoms with Crippen LogP contribution >= 0.6 is 11.3 Å². The number of nitrogens with one attached hydrogen (secondary N) is 1. The van der Waals surface area contributed by atoms with Gasteiger partial charge in [-0.05, 0) is 44.2 Å². The highest BCUT2D eigenvalue weighted by molar-refractivity contribution is 7.11. The zero-order valence-electron chi connectivity index (χ0n) is 10.2. The first-order valence-corrected chi connectivity index (χ1v) is 6.45. The third-order valence-electron chi connectivity index (χ3n) is 2.76. The smallest absolute Gasteiger partial charge is 0.126 e. The maximum Gasteiger partial charge on any atom is 0.126 e. The molecule has 96 valence electrons. The molecule has 0 aliphatic heterocycles. The molecule has 0 bridgehead atoms. The highest BCUT2D eigenvalue weighted by Gasteiger charge is 2.15. The summed E-state index contributed by atoms with van der Waals surface area (Å²) in [5, 5.41) is 4.07. The Bertz CT molecular complexity index is 540. The van der Waals surface area contributed by atoms with Gasteiger partial charge in [0.05, 0.1) is 5.01 Å². The molecule has 0 amide bonds. The van der Waals surface area contributed by atoms with Gasteiger partial charge in [-0.3, -0.25) is 0 Å². The number of aromatic nitrogens is 1. The van der Waals surface area contributed by atoms with Gasteiger partial charge in [0.25, 0.3) is 0 Å². The van der Waals surface area contributed by atoms with Crippen molar-refractivity contribution in [1.82, 2.24) is 10.3 Å². The Hall–Kier alpha value is -1.33. The number of halogens is 2. The molecule has 1 aromatic heterocycles. The van der Waals surface area contributed by atoms with E-state index in [0.29, 0.717) is 12.0 Å². The van der Waals surface area contributed by atoms with Gasteiger partial charge in [-0.1, -0.05) is 0 Å². The average Bonchev–Trinajstić information content (AvgIpc) is 2.77. The van der Waals surface area contributed by atoms with E-state index < -0.39 is 5.82 Å². The first-order chi connectivity index (χ1) is 8.60. The summed E-state index contributed by atoms with van der Waals surface area (Å²) in [5.41, 5.74) is 0.375. The third kappa shape index (κ3) is 2.91. The second-order valence-corrected chi connectivity index (χ2v) is 5.33. The summed E-state index contributed by atoms with van der Waals surface area (Å²) in [6, 6.07) is 3.49. The topological polar surface area (TPSA) is 24.9 Å². The van der Waals surface area contributed by atoms with Gasteiger partial charge >= 0.3 is 0 Å². The Balaban J connectivity index is 2.22. The molecule has 1 unspecified atom stereocenters. The number of nitrogens with zero attached hydrogens (tertiary/aromatic N) is 1. The molecular weight excluding hydrogens is 254 g/mol. The van der Waals surface area contributed by atoms with Crippen LogP contribution in [-0.2, 0) is 6.42 Å². The SMILES string of the molecule is CNC(Cc1cc(F)ccc1F)c1cnc(C)s1. The van der Waals surface area contributed by atoms with Crippen LogP contribution in [0.1, 0.15) is 21.5 Å². The predicted molar refractivity (Wildman–Crippen MR) is 68.7 cm³/mol. The lowest BCUT2D eigenvalue weighted by molar-refractivity contribution is 0.548. The Morgan fingerprint density at radius 1 is 1.39 bits per heavy atom. The van der Waals surface area contributed by atoms with E-state index >= 15 is 0 Å². The van der Waals surface area contributed by atoms with Crippen LogP contribution < -0.4 is 5.32 Å². The molecule has 1 aromatic carbocycles. The molecule has 0 aliphatic carbocycles. The summed E-state index contributed by atoms with van der Waals surface area (Å²) < 4.78 is 26.7. The number of rotatable bonds is 4. The van der Waals surface area contributed by atoms with Crippen LogP contribution in [0.5, 0.6) is 0 Å². The van der Waals surface area contributed by atoms with Gasteiger partial charge in [-0.25, -0.2) is 13.8 Å². The molecule has 1 heterocycles. The van der Waals surface area contributed by atoms with E-state index in [1.165, 1.54) is 6.07 Å². The van der Waals surface area contributed by atoms with Gasteiger partial charge in [0.2, 0.25) is 0 Å². The molecule has 0 radical (unpaired) electrons. The maximum absolute atomic E-state index is 13.6. The van der Waals surface area contributed by atoms with Gasteiger partial charge in [0.15, 0.2) is 0 Å². The van der Waals surface area contributed by atoms with E-state index in [2.05, 4.69) is 10.3 Å². The summed E-state index contributed by atoms with van der Waals surface area (Å²) in [6.45, 7) is 1.92. The second-order valence-electron chi connectivity index (χ2n) is 4.06. The number of hydrogen-bond acceptors (Lipinski definition) is 3. The van der Waals surface area contributed by atoms with Gasteiger partial charge in [0.1, 0.15) is 11.6 Å². The van der Waals surface area contributed by atoms with Crippen molar-refractivity contribution in [3.05, 3.63) is 51.5 Å². The van der Waals surface area contributed by atoms with Gasteiger partial charge < -0.3 is 5.32 Å². The standard InChI is InChI=1S/C13H14F2N2S/c1-8-17-7-13(18-8)12(16-2)6-9-5-10(14)3-4-11(9)15/h3-5,7,12,16H,6H2,1-2H3. The van der Waals surface area contributed by atoms with Gasteiger partial charge in [-0.2, -0.15) is 0 Å². The zero-order valence-corrected chi connectivity index (χ0v) is 11.0. The Morgan fingerprint density at radius 3 is 2.78 bits per heavy atom. The first kappa shape index (κ1) is 13.1. The van der Waals surface area contributed by atoms with E-state index in [1.807, 2.05) is 6.92 Å². The molecule has 1 atom stereocenters. The van der Waals surface area contributed by atoms with Gasteiger partial charge in [-0.15, -0.1) is 11.3 Å². The minimum atomic E-state index is -0.415. The summed E-state index contributed by atoms with van der Waals surface area (Å²) >= 11 is 1.56. The minimum Gasteiger partial charge on any atom is -0.312 e. The molecule has 2 nitrogen and oxygen atoms in total. The van der Waals surface area contributed by atoms with E-state index in [-0.39, 0.29) is 11.9 Å². The lowest BCUT2D eigenvalue weighted by Crippen LogP contribution is -2.18. The quantitative estimate of drug-likeness (QED) is 0.921. The van der Waals surface area contributed by atoms with Crippen molar-refractivity contribution in [1.29, 1.82) is 0 Å². The Labute approximate surface area is 109 Å². The zero-order chi connectivity index (χ0) is 13.1. The first-order valence-electron chi connectivity index (χ1n) is 5.63. The molecule has 2 rings (SSSR count). The highest BCUT2D eigenvalue weighted by atomic mass is 32.1. The molecule has 0 fully saturated rings. The van der Waals surface area contributed by atoms with E-state index in [9.17, 15) is 8.78 Å². The predicted octanol–water partition coefficient (Wildman–Crippen LogP) is 3.23. The lowest BCUT2D eigenvalue weighted by atomic mass is 10.0. The van der Waals surface area contributed by atoms with Crippen LogP contribution in [0.3, 0.4) is 0 Å². The van der Waals surface area contributed by atoms with Gasteiger partial charge in [0, 0.05) is 17.1 Å². The van der Waals surface area contributed by atoms with E-state index in [4.69, 9.17) is 0 Å². The van der Waals surface area contributed by atoms with E-state index in [0.717, 1.165) is 22.0 Å². The summed E-state index contributed by atoms with van der Waals surface area (Å²) in [7, 11) is 1.80. The largest absolute Gasteiger partial charge is 0.312 e. The Morgan fingerprint density at radius 2 is 2.17 bits per heavy atom. The summed E-state index contributed by atoms with van der Waals surface area (Å²) in [5.74, 6) is -0.792. The van der Waals surface area contributed by atoms with Crippen molar-refractivity contribution in [3.63, 3.8) is 0 Å². The molecule has 1 N–H and O–H groups in total. The molecular formula is C13H14F2N2S. The second kappa shape index (κ2) is 5.54. The lowest BCUT2D eigenvalue weighted by Gasteiger charge is -2.14. The number of hydrogen-bond donors (Lipinski definition) is 1. The van der Waals surface area contributed by atoms with Crippen molar-refractivity contribution >= 4 is 11.3 Å². The molecule has 0 saturated heterocycles. The maximum atomic E-state index is 13.6. The number of likely N-dealkylation sites (N-methyl/N-ethyl adjacent to an activating group) is 1.